The van der Waals surface area contributed by atoms with Gasteiger partial charge in [-0.25, -0.2) is 0 Å². The van der Waals surface area contributed by atoms with Crippen LogP contribution in [-0.2, 0) is 19.1 Å². The average Bonchev–Trinajstić information content (AvgIpc) is 2.26. The monoisotopic (exact) mass is 218 g/mol. The predicted octanol–water partition coefficient (Wildman–Crippen LogP) is -1.10. The van der Waals surface area contributed by atoms with Crippen molar-refractivity contribution in [3.63, 3.8) is 0 Å². The van der Waals surface area contributed by atoms with Gasteiger partial charge in [0, 0.05) is 0 Å². The molecule has 0 aromatic heterocycles. The summed E-state index contributed by atoms with van der Waals surface area (Å²) in [4.78, 5) is 21.3. The van der Waals surface area contributed by atoms with Crippen molar-refractivity contribution in [2.75, 3.05) is 40.4 Å². The summed E-state index contributed by atoms with van der Waals surface area (Å²) in [5, 5.41) is 5.81. The highest BCUT2D eigenvalue weighted by molar-refractivity contribution is 5.71. The van der Waals surface area contributed by atoms with Gasteiger partial charge in [-0.3, -0.25) is 9.59 Å². The molecule has 0 atom stereocenters. The summed E-state index contributed by atoms with van der Waals surface area (Å²) >= 11 is 0. The van der Waals surface area contributed by atoms with E-state index in [1.165, 1.54) is 14.2 Å². The van der Waals surface area contributed by atoms with E-state index in [1.54, 1.807) is 0 Å². The van der Waals surface area contributed by atoms with Crippen LogP contribution in [0.5, 0.6) is 0 Å². The standard InChI is InChI=1S/C9H18N2O4/c1-14-8(12)6-10-4-3-5-11-7-9(13)15-2/h10-11H,3-7H2,1-2H3. The van der Waals surface area contributed by atoms with E-state index in [0.29, 0.717) is 13.1 Å². The van der Waals surface area contributed by atoms with Gasteiger partial charge in [-0.2, -0.15) is 0 Å². The van der Waals surface area contributed by atoms with E-state index >= 15 is 0 Å². The van der Waals surface area contributed by atoms with Crippen LogP contribution in [0.25, 0.3) is 0 Å². The van der Waals surface area contributed by atoms with Crippen LogP contribution in [0, 0.1) is 0 Å². The smallest absolute Gasteiger partial charge is 0.319 e. The van der Waals surface area contributed by atoms with E-state index in [4.69, 9.17) is 0 Å². The molecule has 0 amide bonds. The molecule has 0 unspecified atom stereocenters. The molecule has 0 aromatic carbocycles. The van der Waals surface area contributed by atoms with E-state index in [2.05, 4.69) is 20.1 Å². The first kappa shape index (κ1) is 13.9. The summed E-state index contributed by atoms with van der Waals surface area (Å²) in [5.74, 6) is -0.560. The highest BCUT2D eigenvalue weighted by Crippen LogP contribution is 1.76. The van der Waals surface area contributed by atoms with E-state index in [1.807, 2.05) is 0 Å². The summed E-state index contributed by atoms with van der Waals surface area (Å²) < 4.78 is 8.89. The first-order chi connectivity index (χ1) is 7.20. The second-order valence-corrected chi connectivity index (χ2v) is 2.86. The molecule has 0 aliphatic rings. The first-order valence-electron chi connectivity index (χ1n) is 4.75. The number of rotatable bonds is 8. The van der Waals surface area contributed by atoms with Gasteiger partial charge >= 0.3 is 11.9 Å². The zero-order valence-electron chi connectivity index (χ0n) is 9.17. The van der Waals surface area contributed by atoms with Gasteiger partial charge in [0.25, 0.3) is 0 Å². The zero-order valence-corrected chi connectivity index (χ0v) is 9.17. The van der Waals surface area contributed by atoms with Crippen molar-refractivity contribution >= 4 is 11.9 Å². The molecule has 0 aliphatic heterocycles. The molecule has 6 nitrogen and oxygen atoms in total. The summed E-state index contributed by atoms with van der Waals surface area (Å²) in [6.45, 7) is 1.83. The van der Waals surface area contributed by atoms with Gasteiger partial charge in [-0.05, 0) is 19.5 Å². The van der Waals surface area contributed by atoms with Crippen LogP contribution in [0.15, 0.2) is 0 Å². The Morgan fingerprint density at radius 2 is 1.33 bits per heavy atom. The van der Waals surface area contributed by atoms with E-state index in [0.717, 1.165) is 6.42 Å². The van der Waals surface area contributed by atoms with Crippen molar-refractivity contribution in [3.8, 4) is 0 Å². The summed E-state index contributed by atoms with van der Waals surface area (Å²) in [6, 6.07) is 0. The molecule has 0 saturated heterocycles. The van der Waals surface area contributed by atoms with Gasteiger partial charge in [0.05, 0.1) is 27.3 Å². The SMILES string of the molecule is COC(=O)CNCCCNCC(=O)OC. The van der Waals surface area contributed by atoms with Crippen molar-refractivity contribution in [2.24, 2.45) is 0 Å². The summed E-state index contributed by atoms with van der Waals surface area (Å²) in [7, 11) is 2.70. The molecule has 0 aliphatic carbocycles. The number of ether oxygens (including phenoxy) is 2. The molecule has 0 rings (SSSR count). The Hall–Kier alpha value is -1.14. The molecular weight excluding hydrogens is 200 g/mol. The van der Waals surface area contributed by atoms with Gasteiger partial charge in [-0.1, -0.05) is 0 Å². The van der Waals surface area contributed by atoms with E-state index in [9.17, 15) is 9.59 Å². The number of hydrogen-bond acceptors (Lipinski definition) is 6. The van der Waals surface area contributed by atoms with Crippen molar-refractivity contribution < 1.29 is 19.1 Å². The molecule has 6 heteroatoms. The molecule has 0 aromatic rings. The molecule has 15 heavy (non-hydrogen) atoms. The van der Waals surface area contributed by atoms with Crippen molar-refractivity contribution in [3.05, 3.63) is 0 Å². The molecular formula is C9H18N2O4. The quantitative estimate of drug-likeness (QED) is 0.398. The number of carbonyl (C=O) groups excluding carboxylic acids is 2. The summed E-state index contributed by atoms with van der Waals surface area (Å²) in [6.07, 6.45) is 0.827. The van der Waals surface area contributed by atoms with Crippen molar-refractivity contribution in [1.82, 2.24) is 10.6 Å². The Kier molecular flexibility index (Phi) is 8.70. The Bertz CT molecular complexity index is 177. The largest absolute Gasteiger partial charge is 0.468 e. The third-order valence-corrected chi connectivity index (χ3v) is 1.70. The number of nitrogens with one attached hydrogen (secondary N) is 2. The third kappa shape index (κ3) is 9.17. The molecule has 0 bridgehead atoms. The minimum atomic E-state index is -0.280. The topological polar surface area (TPSA) is 76.7 Å². The second kappa shape index (κ2) is 9.42. The molecule has 2 N–H and O–H groups in total. The van der Waals surface area contributed by atoms with Gasteiger partial charge in [-0.15, -0.1) is 0 Å². The van der Waals surface area contributed by atoms with Gasteiger partial charge < -0.3 is 20.1 Å². The van der Waals surface area contributed by atoms with Crippen LogP contribution in [0.2, 0.25) is 0 Å². The Balaban J connectivity index is 3.11. The maximum atomic E-state index is 10.7. The highest BCUT2D eigenvalue weighted by Gasteiger charge is 1.99. The van der Waals surface area contributed by atoms with Crippen LogP contribution in [0.1, 0.15) is 6.42 Å². The maximum Gasteiger partial charge on any atom is 0.319 e. The molecule has 0 spiro atoms. The fraction of sp³-hybridized carbons (Fsp3) is 0.778. The number of methoxy groups -OCH3 is 2. The van der Waals surface area contributed by atoms with Crippen LogP contribution in [0.3, 0.4) is 0 Å². The Labute approximate surface area is 89.3 Å². The lowest BCUT2D eigenvalue weighted by Crippen LogP contribution is -2.29. The molecule has 0 heterocycles. The van der Waals surface area contributed by atoms with E-state index < -0.39 is 0 Å². The van der Waals surface area contributed by atoms with Crippen LogP contribution in [0.4, 0.5) is 0 Å². The lowest BCUT2D eigenvalue weighted by molar-refractivity contribution is -0.140. The summed E-state index contributed by atoms with van der Waals surface area (Å²) in [5.41, 5.74) is 0. The average molecular weight is 218 g/mol. The normalized spacial score (nSPS) is 9.73. The van der Waals surface area contributed by atoms with Crippen LogP contribution in [-0.4, -0.2) is 52.3 Å². The van der Waals surface area contributed by atoms with Crippen LogP contribution < -0.4 is 10.6 Å². The van der Waals surface area contributed by atoms with Crippen LogP contribution >= 0.6 is 0 Å². The van der Waals surface area contributed by atoms with Gasteiger partial charge in [0.15, 0.2) is 0 Å². The lowest BCUT2D eigenvalue weighted by Gasteiger charge is -2.04. The number of carbonyl (C=O) groups is 2. The van der Waals surface area contributed by atoms with Gasteiger partial charge in [0.2, 0.25) is 0 Å². The van der Waals surface area contributed by atoms with E-state index in [-0.39, 0.29) is 25.0 Å². The molecule has 88 valence electrons. The Morgan fingerprint density at radius 1 is 0.933 bits per heavy atom. The minimum Gasteiger partial charge on any atom is -0.468 e. The Morgan fingerprint density at radius 3 is 1.67 bits per heavy atom. The lowest BCUT2D eigenvalue weighted by atomic mass is 10.4. The zero-order chi connectivity index (χ0) is 11.5. The van der Waals surface area contributed by atoms with Gasteiger partial charge in [0.1, 0.15) is 0 Å². The fourth-order valence-electron chi connectivity index (χ4n) is 0.864. The highest BCUT2D eigenvalue weighted by atomic mass is 16.5. The van der Waals surface area contributed by atoms with Crippen molar-refractivity contribution in [2.45, 2.75) is 6.42 Å². The van der Waals surface area contributed by atoms with Crippen molar-refractivity contribution in [1.29, 1.82) is 0 Å². The fourth-order valence-corrected chi connectivity index (χ4v) is 0.864. The predicted molar refractivity (Wildman–Crippen MR) is 54.4 cm³/mol. The third-order valence-electron chi connectivity index (χ3n) is 1.70. The maximum absolute atomic E-state index is 10.7. The second-order valence-electron chi connectivity index (χ2n) is 2.86. The molecule has 0 saturated carbocycles. The number of hydrogen-bond donors (Lipinski definition) is 2. The minimum absolute atomic E-state index is 0.216. The first-order valence-corrected chi connectivity index (χ1v) is 4.75. The number of esters is 2. The molecule has 0 radical (unpaired) electrons. The molecule has 0 fully saturated rings.